The van der Waals surface area contributed by atoms with E-state index in [1.165, 1.54) is 30.9 Å². The first-order valence-electron chi connectivity index (χ1n) is 45.6. The molecule has 1 fully saturated rings. The standard InChI is InChI=1S/C12H18N2O3S.C10H16N2O4S.C10H16N2O3S.C8H9F3N2O.C8H9N3O.C8H12N2O3S.C8H12N2O.C7H8Br2N2O.C7H9BrN2O.2C7H9ClN2O/c1-8(2)12-10(15)7-11(13-14-12)18(16,17)9-5-3-4-6-9;1-7(2)10-8(14)6-9(11-12-10)17(15,16)5-3-4-13;1-6(2)10-8(13)5-9(11-12-10)16(14,15)7(3)4;1-4(2)6-5(14)3-12-7(13-6)8(9,10)11;1-5(2)7-8(12)11-6(3-9)4-10-7;1-5(2)7-8(11)10-6(4-9-7)14(3,12)13;1-5(2)7-8(11)10-6(3)4-9-7;1-3(2)4-7(12)11-6(9)5(8)10-4;2*1-4(2)6-7(11)10-5(8)3-9-6;1-4(2)6-5(11)3-9-7(8)10-6/h7-9H,3-6H2,1-2H3,(H,13,15);6-7,13H,3-5H2,1-2H3,(H,11,14);5-7H,1-4H3,(H,11,13);3-4,14H,1-2H3;4-5H,1-2H3,(H,11,12);4-5H,1-3H3,(H,10,11);4-5H,1-3H3,(H,10,11);3H,1-2H3,(H,11,12);2*3-4H,1-2H3,(H,10,11);3-4,11H,1-2H3. The molecule has 0 unspecified atom stereocenters. The summed E-state index contributed by atoms with van der Waals surface area (Å²) in [5, 5.41) is 53.3. The Bertz CT molecular complexity index is 7180. The smallest absolute Gasteiger partial charge is 0.451 e. The molecule has 0 atom stereocenters. The van der Waals surface area contributed by atoms with Crippen LogP contribution in [0.3, 0.4) is 0 Å². The van der Waals surface area contributed by atoms with Crippen LogP contribution in [0.2, 0.25) is 10.4 Å². The normalized spacial score (nSPS) is 12.0. The van der Waals surface area contributed by atoms with Crippen molar-refractivity contribution in [3.8, 4) is 17.6 Å². The summed E-state index contributed by atoms with van der Waals surface area (Å²) < 4.78 is 132. The highest BCUT2D eigenvalue weighted by Gasteiger charge is 2.36. The number of nitriles is 1. The lowest BCUT2D eigenvalue weighted by molar-refractivity contribution is -0.145. The van der Waals surface area contributed by atoms with E-state index in [1.54, 1.807) is 53.9 Å². The van der Waals surface area contributed by atoms with Crippen LogP contribution in [0, 0.1) is 18.3 Å². The number of aliphatic hydroxyl groups is 1. The van der Waals surface area contributed by atoms with E-state index in [-0.39, 0.29) is 187 Å². The maximum absolute atomic E-state index is 12.3. The number of nitrogens with zero attached hydrogens (tertiary/aromatic N) is 14. The Hall–Kier alpha value is -11.3. The molecule has 0 bridgehead atoms. The molecule has 11 aromatic heterocycles. The predicted octanol–water partition coefficient (Wildman–Crippen LogP) is 14.9. The summed E-state index contributed by atoms with van der Waals surface area (Å²) in [6, 6.07) is 5.15. The van der Waals surface area contributed by atoms with Gasteiger partial charge in [-0.15, -0.1) is 0 Å². The number of H-pyrrole nitrogens is 9. The molecule has 0 aliphatic heterocycles. The lowest BCUT2D eigenvalue weighted by atomic mass is 10.1. The summed E-state index contributed by atoms with van der Waals surface area (Å²) in [5.74, 6) is -1.16. The number of aromatic amines is 9. The van der Waals surface area contributed by atoms with Gasteiger partial charge in [-0.05, 0) is 111 Å². The number of aromatic nitrogens is 22. The number of hydrogen-bond donors (Lipinski definition) is 12. The van der Waals surface area contributed by atoms with Gasteiger partial charge >= 0.3 is 6.18 Å². The van der Waals surface area contributed by atoms with Crippen LogP contribution in [0.15, 0.2) is 139 Å². The van der Waals surface area contributed by atoms with E-state index in [4.69, 9.17) is 33.6 Å². The third-order valence-electron chi connectivity index (χ3n) is 19.6. The number of hydrogen-bond acceptors (Lipinski definition) is 34. The van der Waals surface area contributed by atoms with Crippen LogP contribution in [-0.2, 0) is 45.5 Å². The minimum Gasteiger partial charge on any atom is -0.504 e. The molecule has 55 heteroatoms. The predicted molar refractivity (Wildman–Crippen MR) is 562 cm³/mol. The number of aryl methyl sites for hydroxylation is 1. The van der Waals surface area contributed by atoms with E-state index in [0.29, 0.717) is 83.6 Å². The highest BCUT2D eigenvalue weighted by Crippen LogP contribution is 2.32. The van der Waals surface area contributed by atoms with Crippen molar-refractivity contribution in [2.75, 3.05) is 18.6 Å². The van der Waals surface area contributed by atoms with E-state index < -0.39 is 62.2 Å². The molecule has 11 heterocycles. The fourth-order valence-electron chi connectivity index (χ4n) is 11.8. The van der Waals surface area contributed by atoms with Crippen molar-refractivity contribution in [3.63, 3.8) is 0 Å². The first-order chi connectivity index (χ1) is 67.8. The zero-order valence-corrected chi connectivity index (χ0v) is 95.5. The average Bonchev–Trinajstić information content (AvgIpc) is 1.76. The molecule has 12 rings (SSSR count). The average molecular weight is 2370 g/mol. The molecule has 1 saturated carbocycles. The molecule has 0 radical (unpaired) electrons. The molecule has 11 aromatic rings. The number of aromatic hydroxyl groups is 2. The SMILES string of the molecule is CC(C)c1n[nH]c(S(=O)(=O)C(C)C)cc1=O.CC(C)c1n[nH]c(S(=O)(=O)C2CCCC2)cc1=O.CC(C)c1n[nH]c(S(=O)(=O)CCCO)cc1=O.CC(C)c1nc(Br)c(Br)[nH]c1=O.CC(C)c1nc(C(F)(F)F)ncc1O.CC(C)c1nc(Cl)ncc1O.CC(C)c1ncc(Br)[nH]c1=O.CC(C)c1ncc(C#N)[nH]c1=O.CC(C)c1ncc(Cl)[nH]c1=O.CC(C)c1ncc(S(C)(=O)=O)[nH]c1=O.Cc1cnc(C(C)C)c(=O)[nH]1. The molecule has 0 amide bonds. The number of sulfone groups is 4. The van der Waals surface area contributed by atoms with Gasteiger partial charge in [-0.1, -0.05) is 177 Å². The Kier molecular flexibility index (Phi) is 54.2. The van der Waals surface area contributed by atoms with E-state index in [1.807, 2.05) is 138 Å². The summed E-state index contributed by atoms with van der Waals surface area (Å²) in [6.45, 7) is 45.7. The van der Waals surface area contributed by atoms with Crippen LogP contribution < -0.4 is 49.6 Å². The van der Waals surface area contributed by atoms with Crippen LogP contribution in [0.25, 0.3) is 0 Å². The van der Waals surface area contributed by atoms with E-state index in [0.717, 1.165) is 43.1 Å². The molecule has 1 aliphatic carbocycles. The van der Waals surface area contributed by atoms with E-state index in [9.17, 15) is 100 Å². The first kappa shape index (κ1) is 132. The van der Waals surface area contributed by atoms with Crippen molar-refractivity contribution >= 4 is 110 Å². The number of rotatable bonds is 20. The Balaban J connectivity index is 0.000000549. The second-order valence-corrected chi connectivity index (χ2v) is 47.9. The van der Waals surface area contributed by atoms with Crippen molar-refractivity contribution in [3.05, 3.63) is 258 Å². The molecule has 147 heavy (non-hydrogen) atoms. The molecule has 12 N–H and O–H groups in total. The van der Waals surface area contributed by atoms with Crippen molar-refractivity contribution in [1.82, 2.24) is 110 Å². The number of aliphatic hydroxyl groups excluding tert-OH is 1. The summed E-state index contributed by atoms with van der Waals surface area (Å²) >= 11 is 20.5. The molecular weight excluding hydrogens is 2240 g/mol. The Morgan fingerprint density at radius 2 is 0.796 bits per heavy atom. The van der Waals surface area contributed by atoms with Crippen molar-refractivity contribution < 1.29 is 62.2 Å². The highest BCUT2D eigenvalue weighted by molar-refractivity contribution is 9.13. The number of alkyl halides is 3. The molecule has 810 valence electrons. The van der Waals surface area contributed by atoms with Gasteiger partial charge in [-0.3, -0.25) is 83.4 Å². The minimum absolute atomic E-state index is 0.00678. The van der Waals surface area contributed by atoms with Crippen molar-refractivity contribution in [2.24, 2.45) is 0 Å². The quantitative estimate of drug-likeness (QED) is 0.0315. The molecule has 0 aromatic carbocycles. The summed E-state index contributed by atoms with van der Waals surface area (Å²) in [7, 11) is -13.8. The highest BCUT2D eigenvalue weighted by atomic mass is 79.9. The maximum Gasteiger partial charge on any atom is 0.451 e. The van der Waals surface area contributed by atoms with Gasteiger partial charge in [0.05, 0.1) is 64.8 Å². The van der Waals surface area contributed by atoms with Gasteiger partial charge in [-0.25, -0.2) is 58.6 Å². The number of nitrogens with one attached hydrogen (secondary N) is 9. The van der Waals surface area contributed by atoms with Crippen LogP contribution in [0.4, 0.5) is 13.2 Å². The van der Waals surface area contributed by atoms with Gasteiger partial charge in [0.25, 0.3) is 33.4 Å². The zero-order valence-electron chi connectivity index (χ0n) is 85.9. The second kappa shape index (κ2) is 60.4. The molecule has 0 spiro atoms. The van der Waals surface area contributed by atoms with Gasteiger partial charge in [0.1, 0.15) is 82.0 Å². The van der Waals surface area contributed by atoms with Gasteiger partial charge in [0.2, 0.25) is 27.4 Å². The third-order valence-corrected chi connectivity index (χ3v) is 29.0. The summed E-state index contributed by atoms with van der Waals surface area (Å²) in [6.07, 6.45) is 9.15. The van der Waals surface area contributed by atoms with Crippen molar-refractivity contribution in [1.29, 1.82) is 5.26 Å². The molecule has 43 nitrogen and oxygen atoms in total. The van der Waals surface area contributed by atoms with Crippen LogP contribution >= 0.6 is 71.0 Å². The zero-order chi connectivity index (χ0) is 113. The Morgan fingerprint density at radius 1 is 0.429 bits per heavy atom. The Labute approximate surface area is 883 Å². The van der Waals surface area contributed by atoms with Crippen molar-refractivity contribution in [2.45, 2.75) is 307 Å². The minimum atomic E-state index is -4.57. The lowest BCUT2D eigenvalue weighted by Crippen LogP contribution is -2.23. The molecular formula is C92H127Br3Cl2F3N23O20S4. The monoisotopic (exact) mass is 2370 g/mol. The largest absolute Gasteiger partial charge is 0.504 e. The lowest BCUT2D eigenvalue weighted by Gasteiger charge is -2.11. The molecule has 1 aliphatic rings. The summed E-state index contributed by atoms with van der Waals surface area (Å²) in [5.41, 5.74) is 3.42. The van der Waals surface area contributed by atoms with Crippen LogP contribution in [0.5, 0.6) is 11.5 Å². The third kappa shape index (κ3) is 43.1. The second-order valence-electron chi connectivity index (χ2n) is 36.0. The van der Waals surface area contributed by atoms with Gasteiger partial charge in [-0.2, -0.15) is 33.7 Å². The fourth-order valence-corrected chi connectivity index (χ4v) is 17.4. The topological polar surface area (TPSA) is 684 Å². The van der Waals surface area contributed by atoms with Gasteiger partial charge in [0.15, 0.2) is 71.0 Å². The van der Waals surface area contributed by atoms with Crippen LogP contribution in [0.1, 0.15) is 343 Å². The molecule has 0 saturated heterocycles. The van der Waals surface area contributed by atoms with Crippen LogP contribution in [-0.4, -0.2) is 188 Å². The summed E-state index contributed by atoms with van der Waals surface area (Å²) in [4.78, 5) is 155. The van der Waals surface area contributed by atoms with E-state index in [2.05, 4.69) is 158 Å². The first-order valence-corrected chi connectivity index (χ1v) is 55.3. The fraction of sp³-hybridized carbons (Fsp3) is 0.511. The van der Waals surface area contributed by atoms with Gasteiger partial charge in [0, 0.05) is 96.2 Å². The maximum atomic E-state index is 12.3. The Morgan fingerprint density at radius 3 is 1.18 bits per heavy atom. The van der Waals surface area contributed by atoms with Gasteiger partial charge < -0.3 is 45.2 Å². The number of halogens is 8. The van der Waals surface area contributed by atoms with E-state index >= 15 is 0 Å².